The highest BCUT2D eigenvalue weighted by Gasteiger charge is 2.32. The second kappa shape index (κ2) is 7.92. The maximum absolute atomic E-state index is 13.0. The minimum Gasteiger partial charge on any atom is -0.497 e. The van der Waals surface area contributed by atoms with Gasteiger partial charge in [-0.2, -0.15) is 0 Å². The number of aromatic amines is 1. The van der Waals surface area contributed by atoms with Gasteiger partial charge in [0, 0.05) is 25.5 Å². The number of hydrogen-bond donors (Lipinski definition) is 1. The van der Waals surface area contributed by atoms with Gasteiger partial charge in [0.1, 0.15) is 11.1 Å². The highest BCUT2D eigenvalue weighted by atomic mass is 31.2. The summed E-state index contributed by atoms with van der Waals surface area (Å²) >= 11 is 0. The molecule has 0 aliphatic heterocycles. The Bertz CT molecular complexity index is 1020. The van der Waals surface area contributed by atoms with E-state index in [1.807, 2.05) is 30.3 Å². The normalized spacial score (nSPS) is 11.4. The number of aromatic nitrogens is 1. The molecule has 0 aliphatic carbocycles. The molecule has 3 rings (SSSR count). The van der Waals surface area contributed by atoms with E-state index in [0.717, 1.165) is 5.56 Å². The van der Waals surface area contributed by atoms with Crippen molar-refractivity contribution in [3.05, 3.63) is 71.0 Å². The number of benzene rings is 2. The monoisotopic (exact) mass is 385 g/mol. The third-order valence-corrected chi connectivity index (χ3v) is 6.20. The second-order valence-corrected chi connectivity index (χ2v) is 7.90. The first-order chi connectivity index (χ1) is 13.0. The number of ether oxygens (including phenoxy) is 1. The molecule has 3 aromatic rings. The molecule has 0 bridgehead atoms. The van der Waals surface area contributed by atoms with Crippen LogP contribution in [0.2, 0.25) is 0 Å². The smallest absolute Gasteiger partial charge is 0.367 e. The van der Waals surface area contributed by atoms with Crippen LogP contribution in [0, 0.1) is 0 Å². The van der Waals surface area contributed by atoms with Gasteiger partial charge in [0.25, 0.3) is 5.56 Å². The first-order valence-corrected chi connectivity index (χ1v) is 9.76. The minimum atomic E-state index is -3.78. The van der Waals surface area contributed by atoms with Crippen molar-refractivity contribution < 1.29 is 18.3 Å². The van der Waals surface area contributed by atoms with Gasteiger partial charge in [-0.1, -0.05) is 42.5 Å². The third kappa shape index (κ3) is 3.74. The Morgan fingerprint density at radius 1 is 0.852 bits per heavy atom. The Morgan fingerprint density at radius 2 is 1.48 bits per heavy atom. The van der Waals surface area contributed by atoms with E-state index in [1.165, 1.54) is 14.2 Å². The molecule has 0 amide bonds. The van der Waals surface area contributed by atoms with E-state index in [4.69, 9.17) is 13.8 Å². The number of H-pyrrole nitrogens is 1. The lowest BCUT2D eigenvalue weighted by atomic mass is 10.0. The standard InChI is InChI=1S/C20H20NO5P/c1-24-16-11-9-14(10-12-16)17-13-18(15-7-5-4-6-8-15)21-20(22)19(17)27(23,25-2)26-3/h4-13H,1-3H3,(H,21,22). The second-order valence-electron chi connectivity index (χ2n) is 5.73. The summed E-state index contributed by atoms with van der Waals surface area (Å²) < 4.78 is 28.4. The fraction of sp³-hybridized carbons (Fsp3) is 0.150. The number of methoxy groups -OCH3 is 1. The molecule has 0 atom stereocenters. The van der Waals surface area contributed by atoms with Gasteiger partial charge in [-0.15, -0.1) is 0 Å². The lowest BCUT2D eigenvalue weighted by molar-refractivity contribution is 0.287. The summed E-state index contributed by atoms with van der Waals surface area (Å²) in [5, 5.41) is -0.0302. The molecule has 6 nitrogen and oxygen atoms in total. The van der Waals surface area contributed by atoms with Crippen molar-refractivity contribution >= 4 is 12.9 Å². The molecule has 0 unspecified atom stereocenters. The van der Waals surface area contributed by atoms with Crippen LogP contribution < -0.4 is 15.6 Å². The Hall–Kier alpha value is -2.66. The summed E-state index contributed by atoms with van der Waals surface area (Å²) in [6, 6.07) is 18.3. The van der Waals surface area contributed by atoms with Crippen LogP contribution in [0.3, 0.4) is 0 Å². The highest BCUT2D eigenvalue weighted by molar-refractivity contribution is 7.62. The molecule has 0 spiro atoms. The van der Waals surface area contributed by atoms with E-state index < -0.39 is 13.2 Å². The van der Waals surface area contributed by atoms with Gasteiger partial charge < -0.3 is 18.8 Å². The topological polar surface area (TPSA) is 77.6 Å². The van der Waals surface area contributed by atoms with Gasteiger partial charge >= 0.3 is 7.60 Å². The summed E-state index contributed by atoms with van der Waals surface area (Å²) in [5.74, 6) is 0.676. The van der Waals surface area contributed by atoms with Crippen molar-refractivity contribution in [3.8, 4) is 28.1 Å². The van der Waals surface area contributed by atoms with Crippen LogP contribution in [0.5, 0.6) is 5.75 Å². The highest BCUT2D eigenvalue weighted by Crippen LogP contribution is 2.46. The lowest BCUT2D eigenvalue weighted by Crippen LogP contribution is -2.30. The molecule has 0 saturated carbocycles. The van der Waals surface area contributed by atoms with E-state index >= 15 is 0 Å². The molecule has 0 fully saturated rings. The van der Waals surface area contributed by atoms with Crippen molar-refractivity contribution in [2.75, 3.05) is 21.3 Å². The number of hydrogen-bond acceptors (Lipinski definition) is 5. The van der Waals surface area contributed by atoms with Crippen LogP contribution in [-0.4, -0.2) is 26.3 Å². The summed E-state index contributed by atoms with van der Waals surface area (Å²) in [7, 11) is 0.308. The molecular formula is C20H20NO5P. The molecule has 1 aromatic heterocycles. The first-order valence-electron chi connectivity index (χ1n) is 8.21. The van der Waals surface area contributed by atoms with E-state index in [-0.39, 0.29) is 5.30 Å². The number of pyridine rings is 1. The van der Waals surface area contributed by atoms with Crippen molar-refractivity contribution in [3.63, 3.8) is 0 Å². The zero-order valence-corrected chi connectivity index (χ0v) is 16.2. The molecule has 1 N–H and O–H groups in total. The van der Waals surface area contributed by atoms with Gasteiger partial charge in [0.2, 0.25) is 0 Å². The zero-order valence-electron chi connectivity index (χ0n) is 15.3. The third-order valence-electron chi connectivity index (χ3n) is 4.25. The summed E-state index contributed by atoms with van der Waals surface area (Å²) in [4.78, 5) is 15.7. The average molecular weight is 385 g/mol. The van der Waals surface area contributed by atoms with Crippen LogP contribution >= 0.6 is 7.60 Å². The molecule has 0 saturated heterocycles. The molecule has 7 heteroatoms. The van der Waals surface area contributed by atoms with E-state index in [0.29, 0.717) is 22.6 Å². The van der Waals surface area contributed by atoms with Crippen LogP contribution in [0.4, 0.5) is 0 Å². The Morgan fingerprint density at radius 3 is 2.04 bits per heavy atom. The first kappa shape index (κ1) is 19.1. The summed E-state index contributed by atoms with van der Waals surface area (Å²) in [6.45, 7) is 0. The predicted octanol–water partition coefficient (Wildman–Crippen LogP) is 3.83. The Balaban J connectivity index is 2.30. The maximum Gasteiger partial charge on any atom is 0.367 e. The van der Waals surface area contributed by atoms with Crippen LogP contribution in [-0.2, 0) is 13.6 Å². The van der Waals surface area contributed by atoms with Gasteiger partial charge in [0.05, 0.1) is 7.11 Å². The van der Waals surface area contributed by atoms with Crippen molar-refractivity contribution in [1.82, 2.24) is 4.98 Å². The van der Waals surface area contributed by atoms with Gasteiger partial charge in [-0.3, -0.25) is 9.36 Å². The zero-order chi connectivity index (χ0) is 19.4. The van der Waals surface area contributed by atoms with E-state index in [1.54, 1.807) is 37.4 Å². The molecule has 140 valence electrons. The van der Waals surface area contributed by atoms with Crippen LogP contribution in [0.15, 0.2) is 65.5 Å². The van der Waals surface area contributed by atoms with Gasteiger partial charge in [-0.25, -0.2) is 0 Å². The van der Waals surface area contributed by atoms with Crippen molar-refractivity contribution in [2.24, 2.45) is 0 Å². The minimum absolute atomic E-state index is 0.0302. The summed E-state index contributed by atoms with van der Waals surface area (Å²) in [6.07, 6.45) is 0. The Labute approximate surface area is 157 Å². The number of nitrogens with one attached hydrogen (secondary N) is 1. The molecular weight excluding hydrogens is 365 g/mol. The van der Waals surface area contributed by atoms with Crippen molar-refractivity contribution in [2.45, 2.75) is 0 Å². The Kier molecular flexibility index (Phi) is 5.61. The molecule has 27 heavy (non-hydrogen) atoms. The summed E-state index contributed by atoms with van der Waals surface area (Å²) in [5.41, 5.74) is 2.10. The van der Waals surface area contributed by atoms with E-state index in [2.05, 4.69) is 4.98 Å². The quantitative estimate of drug-likeness (QED) is 0.653. The largest absolute Gasteiger partial charge is 0.497 e. The maximum atomic E-state index is 13.0. The lowest BCUT2D eigenvalue weighted by Gasteiger charge is -2.18. The molecule has 0 aliphatic rings. The van der Waals surface area contributed by atoms with Gasteiger partial charge in [0.15, 0.2) is 0 Å². The fourth-order valence-electron chi connectivity index (χ4n) is 2.85. The number of rotatable bonds is 6. The SMILES string of the molecule is COc1ccc(-c2cc(-c3ccccc3)[nH]c(=O)c2P(=O)(OC)OC)cc1. The van der Waals surface area contributed by atoms with Crippen LogP contribution in [0.25, 0.3) is 22.4 Å². The average Bonchev–Trinajstić information content (AvgIpc) is 2.73. The molecule has 2 aromatic carbocycles. The van der Waals surface area contributed by atoms with Crippen LogP contribution in [0.1, 0.15) is 0 Å². The van der Waals surface area contributed by atoms with Gasteiger partial charge in [-0.05, 0) is 29.3 Å². The molecule has 0 radical (unpaired) electrons. The fourth-order valence-corrected chi connectivity index (χ4v) is 4.15. The van der Waals surface area contributed by atoms with E-state index in [9.17, 15) is 9.36 Å². The predicted molar refractivity (Wildman–Crippen MR) is 106 cm³/mol. The molecule has 1 heterocycles. The van der Waals surface area contributed by atoms with Crippen molar-refractivity contribution in [1.29, 1.82) is 0 Å².